The number of carbonyl (C=O) groups excluding carboxylic acids is 1. The maximum Gasteiger partial charge on any atom is 0.328 e. The molecule has 1 saturated heterocycles. The van der Waals surface area contributed by atoms with Gasteiger partial charge in [0, 0.05) is 12.2 Å². The molecule has 0 bridgehead atoms. The highest BCUT2D eigenvalue weighted by Crippen LogP contribution is 2.22. The van der Waals surface area contributed by atoms with Gasteiger partial charge in [-0.05, 0) is 18.1 Å². The van der Waals surface area contributed by atoms with E-state index in [-0.39, 0.29) is 12.5 Å². The summed E-state index contributed by atoms with van der Waals surface area (Å²) < 4.78 is 0. The molecule has 1 heterocycles. The minimum Gasteiger partial charge on any atom is -0.480 e. The van der Waals surface area contributed by atoms with Gasteiger partial charge in [-0.3, -0.25) is 4.79 Å². The average molecular weight is 248 g/mol. The Labute approximate surface area is 105 Å². The standard InChI is InChI=1S/C13H16N2O3/c1-2-9-5-3-4-6-11(9)15-7-10(13(17)18)14-12(16)8-15/h3-6,10H,2,7-8H2,1H3,(H,14,16)(H,17,18). The largest absolute Gasteiger partial charge is 0.480 e. The SMILES string of the molecule is CCc1ccccc1N1CC(=O)NC(C(=O)O)C1. The van der Waals surface area contributed by atoms with Crippen LogP contribution in [0.25, 0.3) is 0 Å². The van der Waals surface area contributed by atoms with E-state index in [0.29, 0.717) is 6.54 Å². The van der Waals surface area contributed by atoms with Crippen molar-refractivity contribution in [3.8, 4) is 0 Å². The van der Waals surface area contributed by atoms with Gasteiger partial charge in [0.1, 0.15) is 6.04 Å². The van der Waals surface area contributed by atoms with Crippen LogP contribution in [0.15, 0.2) is 24.3 Å². The number of rotatable bonds is 3. The van der Waals surface area contributed by atoms with Crippen LogP contribution in [-0.4, -0.2) is 36.1 Å². The number of carboxylic acid groups (broad SMARTS) is 1. The summed E-state index contributed by atoms with van der Waals surface area (Å²) in [6.07, 6.45) is 0.853. The van der Waals surface area contributed by atoms with E-state index < -0.39 is 12.0 Å². The highest BCUT2D eigenvalue weighted by molar-refractivity contribution is 5.89. The highest BCUT2D eigenvalue weighted by Gasteiger charge is 2.30. The van der Waals surface area contributed by atoms with Gasteiger partial charge in [-0.2, -0.15) is 0 Å². The van der Waals surface area contributed by atoms with Gasteiger partial charge in [0.25, 0.3) is 0 Å². The molecule has 5 heteroatoms. The monoisotopic (exact) mass is 248 g/mol. The predicted octanol–water partition coefficient (Wildman–Crippen LogP) is 0.638. The van der Waals surface area contributed by atoms with Gasteiger partial charge >= 0.3 is 5.97 Å². The fraction of sp³-hybridized carbons (Fsp3) is 0.385. The molecule has 1 aromatic carbocycles. The summed E-state index contributed by atoms with van der Waals surface area (Å²) in [7, 11) is 0. The first-order valence-electron chi connectivity index (χ1n) is 5.97. The first-order valence-corrected chi connectivity index (χ1v) is 5.97. The zero-order valence-corrected chi connectivity index (χ0v) is 10.2. The molecule has 5 nitrogen and oxygen atoms in total. The smallest absolute Gasteiger partial charge is 0.328 e. The second-order valence-corrected chi connectivity index (χ2v) is 4.32. The van der Waals surface area contributed by atoms with Crippen LogP contribution in [0.4, 0.5) is 5.69 Å². The quantitative estimate of drug-likeness (QED) is 0.823. The number of hydrogen-bond donors (Lipinski definition) is 2. The number of nitrogens with one attached hydrogen (secondary N) is 1. The third kappa shape index (κ3) is 2.45. The molecule has 2 rings (SSSR count). The molecule has 0 aliphatic carbocycles. The van der Waals surface area contributed by atoms with E-state index >= 15 is 0 Å². The van der Waals surface area contributed by atoms with Crippen LogP contribution in [0, 0.1) is 0 Å². The fourth-order valence-corrected chi connectivity index (χ4v) is 2.19. The highest BCUT2D eigenvalue weighted by atomic mass is 16.4. The number of hydrogen-bond acceptors (Lipinski definition) is 3. The van der Waals surface area contributed by atoms with Crippen molar-refractivity contribution in [2.24, 2.45) is 0 Å². The lowest BCUT2D eigenvalue weighted by Crippen LogP contribution is -2.57. The van der Waals surface area contributed by atoms with Crippen molar-refractivity contribution in [3.63, 3.8) is 0 Å². The molecule has 1 aliphatic heterocycles. The van der Waals surface area contributed by atoms with E-state index in [4.69, 9.17) is 5.11 Å². The molecule has 96 valence electrons. The average Bonchev–Trinajstić information content (AvgIpc) is 2.38. The van der Waals surface area contributed by atoms with Crippen LogP contribution in [0.5, 0.6) is 0 Å². The Kier molecular flexibility index (Phi) is 3.50. The zero-order valence-electron chi connectivity index (χ0n) is 10.2. The lowest BCUT2D eigenvalue weighted by atomic mass is 10.1. The van der Waals surface area contributed by atoms with Crippen molar-refractivity contribution < 1.29 is 14.7 Å². The first kappa shape index (κ1) is 12.4. The van der Waals surface area contributed by atoms with Gasteiger partial charge in [0.05, 0.1) is 6.54 Å². The van der Waals surface area contributed by atoms with Crippen LogP contribution >= 0.6 is 0 Å². The van der Waals surface area contributed by atoms with Crippen LogP contribution in [0.1, 0.15) is 12.5 Å². The maximum atomic E-state index is 11.5. The zero-order chi connectivity index (χ0) is 13.1. The number of aliphatic carboxylic acids is 1. The molecule has 1 aromatic rings. The molecular weight excluding hydrogens is 232 g/mol. The molecule has 1 atom stereocenters. The summed E-state index contributed by atoms with van der Waals surface area (Å²) in [6.45, 7) is 2.55. The molecule has 2 N–H and O–H groups in total. The molecule has 1 fully saturated rings. The van der Waals surface area contributed by atoms with E-state index in [1.165, 1.54) is 0 Å². The fourth-order valence-electron chi connectivity index (χ4n) is 2.19. The van der Waals surface area contributed by atoms with E-state index in [1.807, 2.05) is 36.1 Å². The lowest BCUT2D eigenvalue weighted by Gasteiger charge is -2.33. The van der Waals surface area contributed by atoms with Crippen LogP contribution in [0.3, 0.4) is 0 Å². The first-order chi connectivity index (χ1) is 8.61. The van der Waals surface area contributed by atoms with Gasteiger partial charge in [0.2, 0.25) is 5.91 Å². The molecule has 0 saturated carbocycles. The number of nitrogens with zero attached hydrogens (tertiary/aromatic N) is 1. The van der Waals surface area contributed by atoms with E-state index in [2.05, 4.69) is 5.32 Å². The van der Waals surface area contributed by atoms with E-state index in [1.54, 1.807) is 0 Å². The molecule has 1 amide bonds. The number of carbonyl (C=O) groups is 2. The maximum absolute atomic E-state index is 11.5. The lowest BCUT2D eigenvalue weighted by molar-refractivity contribution is -0.142. The number of piperazine rings is 1. The minimum absolute atomic E-state index is 0.209. The van der Waals surface area contributed by atoms with E-state index in [0.717, 1.165) is 17.7 Å². The molecule has 0 aromatic heterocycles. The molecule has 1 aliphatic rings. The number of amides is 1. The minimum atomic E-state index is -0.998. The molecule has 0 radical (unpaired) electrons. The Morgan fingerprint density at radius 3 is 2.89 bits per heavy atom. The Balaban J connectivity index is 2.26. The predicted molar refractivity (Wildman–Crippen MR) is 67.6 cm³/mol. The van der Waals surface area contributed by atoms with Gasteiger partial charge < -0.3 is 15.3 Å². The van der Waals surface area contributed by atoms with Crippen LogP contribution in [0.2, 0.25) is 0 Å². The van der Waals surface area contributed by atoms with Gasteiger partial charge in [0.15, 0.2) is 0 Å². The van der Waals surface area contributed by atoms with Crippen LogP contribution in [-0.2, 0) is 16.0 Å². The van der Waals surface area contributed by atoms with Crippen molar-refractivity contribution in [3.05, 3.63) is 29.8 Å². The van der Waals surface area contributed by atoms with Crippen molar-refractivity contribution in [2.75, 3.05) is 18.0 Å². The van der Waals surface area contributed by atoms with Crippen LogP contribution < -0.4 is 10.2 Å². The van der Waals surface area contributed by atoms with E-state index in [9.17, 15) is 9.59 Å². The van der Waals surface area contributed by atoms with Crippen molar-refractivity contribution >= 4 is 17.6 Å². The molecule has 18 heavy (non-hydrogen) atoms. The number of benzene rings is 1. The number of para-hydroxylation sites is 1. The summed E-state index contributed by atoms with van der Waals surface area (Å²) in [5.74, 6) is -1.25. The molecular formula is C13H16N2O3. The normalized spacial score (nSPS) is 19.5. The third-order valence-electron chi connectivity index (χ3n) is 3.08. The molecule has 0 spiro atoms. The summed E-state index contributed by atoms with van der Waals surface area (Å²) in [4.78, 5) is 24.4. The number of aryl methyl sites for hydroxylation is 1. The second-order valence-electron chi connectivity index (χ2n) is 4.32. The van der Waals surface area contributed by atoms with Gasteiger partial charge in [-0.25, -0.2) is 4.79 Å². The summed E-state index contributed by atoms with van der Waals surface area (Å²) in [5.41, 5.74) is 2.07. The molecule has 1 unspecified atom stereocenters. The number of anilines is 1. The Bertz CT molecular complexity index is 473. The van der Waals surface area contributed by atoms with Crippen molar-refractivity contribution in [1.82, 2.24) is 5.32 Å². The summed E-state index contributed by atoms with van der Waals surface area (Å²) in [5, 5.41) is 11.5. The Hall–Kier alpha value is -2.04. The van der Waals surface area contributed by atoms with Crippen molar-refractivity contribution in [1.29, 1.82) is 0 Å². The summed E-state index contributed by atoms with van der Waals surface area (Å²) >= 11 is 0. The Morgan fingerprint density at radius 1 is 1.50 bits per heavy atom. The summed E-state index contributed by atoms with van der Waals surface area (Å²) in [6, 6.07) is 6.93. The topological polar surface area (TPSA) is 69.6 Å². The van der Waals surface area contributed by atoms with Gasteiger partial charge in [-0.1, -0.05) is 25.1 Å². The third-order valence-corrected chi connectivity index (χ3v) is 3.08. The number of carboxylic acids is 1. The second kappa shape index (κ2) is 5.08. The van der Waals surface area contributed by atoms with Crippen molar-refractivity contribution in [2.45, 2.75) is 19.4 Å². The Morgan fingerprint density at radius 2 is 2.22 bits per heavy atom. The van der Waals surface area contributed by atoms with Gasteiger partial charge in [-0.15, -0.1) is 0 Å².